The minimum absolute atomic E-state index is 0.105. The number of methoxy groups -OCH3 is 1. The molecule has 0 amide bonds. The Kier molecular flexibility index (Phi) is 2.76. The highest BCUT2D eigenvalue weighted by Gasteiger charge is 2.06. The van der Waals surface area contributed by atoms with Crippen molar-refractivity contribution in [2.75, 3.05) is 7.11 Å². The van der Waals surface area contributed by atoms with Crippen molar-refractivity contribution in [1.82, 2.24) is 4.98 Å². The lowest BCUT2D eigenvalue weighted by Crippen LogP contribution is -2.04. The van der Waals surface area contributed by atoms with E-state index in [0.717, 1.165) is 0 Å². The highest BCUT2D eigenvalue weighted by molar-refractivity contribution is 5.87. The fourth-order valence-electron chi connectivity index (χ4n) is 0.789. The molecule has 0 spiro atoms. The molecule has 4 heteroatoms. The summed E-state index contributed by atoms with van der Waals surface area (Å²) >= 11 is 0. The van der Waals surface area contributed by atoms with Gasteiger partial charge in [0.25, 0.3) is 0 Å². The highest BCUT2D eigenvalue weighted by atomic mass is 16.5. The standard InChI is InChI=1S/C8H9NO3/c1-12-8(11)7-4-6(5-10)2-3-9-7/h2-4,10H,5H2,1H3. The van der Waals surface area contributed by atoms with E-state index in [0.29, 0.717) is 5.56 Å². The van der Waals surface area contributed by atoms with Crippen LogP contribution in [-0.2, 0) is 11.3 Å². The molecule has 1 aromatic rings. The van der Waals surface area contributed by atoms with Gasteiger partial charge >= 0.3 is 5.97 Å². The van der Waals surface area contributed by atoms with Crippen LogP contribution in [0.3, 0.4) is 0 Å². The van der Waals surface area contributed by atoms with Gasteiger partial charge in [-0.05, 0) is 17.7 Å². The average Bonchev–Trinajstić information content (AvgIpc) is 2.17. The largest absolute Gasteiger partial charge is 0.464 e. The van der Waals surface area contributed by atoms with E-state index in [1.54, 1.807) is 6.07 Å². The van der Waals surface area contributed by atoms with E-state index in [1.165, 1.54) is 19.4 Å². The van der Waals surface area contributed by atoms with Gasteiger partial charge in [0.15, 0.2) is 0 Å². The molecule has 0 saturated heterocycles. The lowest BCUT2D eigenvalue weighted by atomic mass is 10.2. The van der Waals surface area contributed by atoms with Crippen LogP contribution in [0.5, 0.6) is 0 Å². The third kappa shape index (κ3) is 1.79. The zero-order valence-electron chi connectivity index (χ0n) is 6.65. The number of hydrogen-bond acceptors (Lipinski definition) is 4. The summed E-state index contributed by atoms with van der Waals surface area (Å²) in [6.07, 6.45) is 1.46. The molecule has 1 rings (SSSR count). The molecule has 4 nitrogen and oxygen atoms in total. The molecule has 0 aliphatic heterocycles. The van der Waals surface area contributed by atoms with Gasteiger partial charge in [-0.3, -0.25) is 0 Å². The minimum Gasteiger partial charge on any atom is -0.464 e. The third-order valence-corrected chi connectivity index (χ3v) is 1.40. The SMILES string of the molecule is COC(=O)c1cc(CO)ccn1. The number of esters is 1. The summed E-state index contributed by atoms with van der Waals surface area (Å²) in [4.78, 5) is 14.7. The number of ether oxygens (including phenoxy) is 1. The molecule has 0 atom stereocenters. The number of pyridine rings is 1. The molecule has 0 bridgehead atoms. The molecule has 0 aromatic carbocycles. The summed E-state index contributed by atoms with van der Waals surface area (Å²) in [5, 5.41) is 8.74. The molecule has 0 radical (unpaired) electrons. The Hall–Kier alpha value is -1.42. The summed E-state index contributed by atoms with van der Waals surface area (Å²) in [5.74, 6) is -0.495. The van der Waals surface area contributed by atoms with Gasteiger partial charge in [0.2, 0.25) is 0 Å². The molecule has 1 aromatic heterocycles. The fraction of sp³-hybridized carbons (Fsp3) is 0.250. The van der Waals surface area contributed by atoms with Crippen molar-refractivity contribution in [2.45, 2.75) is 6.61 Å². The van der Waals surface area contributed by atoms with Crippen molar-refractivity contribution in [1.29, 1.82) is 0 Å². The summed E-state index contributed by atoms with van der Waals surface area (Å²) in [6, 6.07) is 3.12. The number of hydrogen-bond donors (Lipinski definition) is 1. The van der Waals surface area contributed by atoms with E-state index >= 15 is 0 Å². The summed E-state index contributed by atoms with van der Waals surface area (Å²) in [5.41, 5.74) is 0.856. The monoisotopic (exact) mass is 167 g/mol. The molecule has 64 valence electrons. The summed E-state index contributed by atoms with van der Waals surface area (Å²) < 4.78 is 4.45. The van der Waals surface area contributed by atoms with Gasteiger partial charge in [-0.25, -0.2) is 9.78 Å². The normalized spacial score (nSPS) is 9.50. The smallest absolute Gasteiger partial charge is 0.356 e. The molecule has 0 aliphatic carbocycles. The highest BCUT2D eigenvalue weighted by Crippen LogP contribution is 2.02. The summed E-state index contributed by atoms with van der Waals surface area (Å²) in [6.45, 7) is -0.105. The molecular weight excluding hydrogens is 158 g/mol. The van der Waals surface area contributed by atoms with Crippen LogP contribution < -0.4 is 0 Å². The third-order valence-electron chi connectivity index (χ3n) is 1.40. The number of aliphatic hydroxyl groups excluding tert-OH is 1. The molecule has 0 fully saturated rings. The van der Waals surface area contributed by atoms with Crippen molar-refractivity contribution >= 4 is 5.97 Å². The molecule has 1 N–H and O–H groups in total. The Morgan fingerprint density at radius 3 is 3.08 bits per heavy atom. The van der Waals surface area contributed by atoms with E-state index in [1.807, 2.05) is 0 Å². The van der Waals surface area contributed by atoms with Crippen LogP contribution in [0.4, 0.5) is 0 Å². The number of carbonyl (C=O) groups excluding carboxylic acids is 1. The predicted molar refractivity (Wildman–Crippen MR) is 41.5 cm³/mol. The Labute approximate surface area is 69.8 Å². The fourth-order valence-corrected chi connectivity index (χ4v) is 0.789. The van der Waals surface area contributed by atoms with Gasteiger partial charge in [0.1, 0.15) is 5.69 Å². The second kappa shape index (κ2) is 3.82. The Balaban J connectivity index is 2.93. The van der Waals surface area contributed by atoms with Crippen LogP contribution in [0.2, 0.25) is 0 Å². The zero-order chi connectivity index (χ0) is 8.97. The maximum atomic E-state index is 10.9. The molecular formula is C8H9NO3. The van der Waals surface area contributed by atoms with Crippen LogP contribution in [-0.4, -0.2) is 23.2 Å². The van der Waals surface area contributed by atoms with Crippen LogP contribution in [0, 0.1) is 0 Å². The first kappa shape index (κ1) is 8.67. The van der Waals surface area contributed by atoms with E-state index < -0.39 is 5.97 Å². The Morgan fingerprint density at radius 2 is 2.50 bits per heavy atom. The van der Waals surface area contributed by atoms with Crippen LogP contribution in [0.1, 0.15) is 16.1 Å². The molecule has 1 heterocycles. The first-order valence-electron chi connectivity index (χ1n) is 3.42. The molecule has 12 heavy (non-hydrogen) atoms. The lowest BCUT2D eigenvalue weighted by Gasteiger charge is -1.99. The van der Waals surface area contributed by atoms with Crippen LogP contribution in [0.15, 0.2) is 18.3 Å². The number of carbonyl (C=O) groups is 1. The summed E-state index contributed by atoms with van der Waals surface area (Å²) in [7, 11) is 1.29. The van der Waals surface area contributed by atoms with Crippen molar-refractivity contribution in [2.24, 2.45) is 0 Å². The second-order valence-electron chi connectivity index (χ2n) is 2.20. The lowest BCUT2D eigenvalue weighted by molar-refractivity contribution is 0.0594. The van der Waals surface area contributed by atoms with Crippen LogP contribution in [0.25, 0.3) is 0 Å². The number of aromatic nitrogens is 1. The number of rotatable bonds is 2. The van der Waals surface area contributed by atoms with Gasteiger partial charge in [-0.1, -0.05) is 0 Å². The van der Waals surface area contributed by atoms with E-state index in [2.05, 4.69) is 9.72 Å². The van der Waals surface area contributed by atoms with Gasteiger partial charge in [-0.2, -0.15) is 0 Å². The quantitative estimate of drug-likeness (QED) is 0.646. The predicted octanol–water partition coefficient (Wildman–Crippen LogP) is 0.360. The van der Waals surface area contributed by atoms with Crippen molar-refractivity contribution in [3.63, 3.8) is 0 Å². The van der Waals surface area contributed by atoms with Gasteiger partial charge in [0, 0.05) is 6.20 Å². The molecule has 0 aliphatic rings. The van der Waals surface area contributed by atoms with Gasteiger partial charge in [0.05, 0.1) is 13.7 Å². The van der Waals surface area contributed by atoms with Crippen molar-refractivity contribution in [3.8, 4) is 0 Å². The maximum absolute atomic E-state index is 10.9. The molecule has 0 unspecified atom stereocenters. The average molecular weight is 167 g/mol. The molecule has 0 saturated carbocycles. The van der Waals surface area contributed by atoms with Crippen molar-refractivity contribution < 1.29 is 14.6 Å². The van der Waals surface area contributed by atoms with E-state index in [9.17, 15) is 4.79 Å². The number of nitrogens with zero attached hydrogens (tertiary/aromatic N) is 1. The van der Waals surface area contributed by atoms with Gasteiger partial charge < -0.3 is 9.84 Å². The van der Waals surface area contributed by atoms with E-state index in [4.69, 9.17) is 5.11 Å². The maximum Gasteiger partial charge on any atom is 0.356 e. The first-order chi connectivity index (χ1) is 5.77. The zero-order valence-corrected chi connectivity index (χ0v) is 6.65. The minimum atomic E-state index is -0.495. The van der Waals surface area contributed by atoms with Crippen molar-refractivity contribution in [3.05, 3.63) is 29.6 Å². The van der Waals surface area contributed by atoms with E-state index in [-0.39, 0.29) is 12.3 Å². The van der Waals surface area contributed by atoms with Gasteiger partial charge in [-0.15, -0.1) is 0 Å². The first-order valence-corrected chi connectivity index (χ1v) is 3.42. The Bertz CT molecular complexity index is 285. The Morgan fingerprint density at radius 1 is 1.75 bits per heavy atom. The van der Waals surface area contributed by atoms with Crippen LogP contribution >= 0.6 is 0 Å². The number of aliphatic hydroxyl groups is 1. The second-order valence-corrected chi connectivity index (χ2v) is 2.20. The topological polar surface area (TPSA) is 59.4 Å².